The van der Waals surface area contributed by atoms with E-state index in [0.717, 1.165) is 22.0 Å². The number of thiazole rings is 1. The van der Waals surface area contributed by atoms with Crippen molar-refractivity contribution in [3.63, 3.8) is 0 Å². The third kappa shape index (κ3) is 3.16. The molecule has 0 aliphatic heterocycles. The maximum absolute atomic E-state index is 12.0. The fraction of sp³-hybridized carbons (Fsp3) is 0.462. The Morgan fingerprint density at radius 2 is 2.00 bits per heavy atom. The number of nitrogens with one attached hydrogen (secondary N) is 2. The molecule has 0 aromatic carbocycles. The second-order valence-corrected chi connectivity index (χ2v) is 5.60. The molecule has 0 spiro atoms. The van der Waals surface area contributed by atoms with Gasteiger partial charge in [-0.25, -0.2) is 9.78 Å². The Bertz CT molecular complexity index is 560. The van der Waals surface area contributed by atoms with Crippen LogP contribution in [-0.2, 0) is 0 Å². The van der Waals surface area contributed by atoms with Crippen LogP contribution in [0.4, 0.5) is 4.79 Å². The summed E-state index contributed by atoms with van der Waals surface area (Å²) in [6, 6.07) is -0.517. The van der Waals surface area contributed by atoms with E-state index in [1.807, 2.05) is 33.1 Å². The quantitative estimate of drug-likeness (QED) is 0.908. The van der Waals surface area contributed by atoms with E-state index in [1.165, 1.54) is 11.3 Å². The average molecular weight is 294 g/mol. The lowest BCUT2D eigenvalue weighted by Gasteiger charge is -2.17. The summed E-state index contributed by atoms with van der Waals surface area (Å²) in [5.74, 6) is 0.725. The normalized spacial score (nSPS) is 13.8. The summed E-state index contributed by atoms with van der Waals surface area (Å²) in [7, 11) is 0. The molecule has 0 aliphatic carbocycles. The lowest BCUT2D eigenvalue weighted by molar-refractivity contribution is 0.235. The number of nitrogens with zero attached hydrogens (tertiary/aromatic N) is 2. The SMILES string of the molecule is Cc1noc(C)c1[C@H](C)NC(=O)N[C@@H](C)c1nccs1. The maximum Gasteiger partial charge on any atom is 0.315 e. The van der Waals surface area contributed by atoms with Crippen LogP contribution in [0.3, 0.4) is 0 Å². The van der Waals surface area contributed by atoms with Crippen LogP contribution in [0.5, 0.6) is 0 Å². The highest BCUT2D eigenvalue weighted by Gasteiger charge is 2.19. The first-order valence-electron chi connectivity index (χ1n) is 6.38. The van der Waals surface area contributed by atoms with E-state index in [-0.39, 0.29) is 18.1 Å². The second kappa shape index (κ2) is 6.04. The van der Waals surface area contributed by atoms with Gasteiger partial charge >= 0.3 is 6.03 Å². The van der Waals surface area contributed by atoms with Gasteiger partial charge in [-0.05, 0) is 27.7 Å². The van der Waals surface area contributed by atoms with Gasteiger partial charge in [0.05, 0.1) is 17.8 Å². The Morgan fingerprint density at radius 3 is 2.55 bits per heavy atom. The van der Waals surface area contributed by atoms with Crippen molar-refractivity contribution in [2.75, 3.05) is 0 Å². The van der Waals surface area contributed by atoms with Gasteiger partial charge in [0.25, 0.3) is 0 Å². The standard InChI is InChI=1S/C13H18N4O2S/c1-7(11-8(2)17-19-10(11)4)15-13(18)16-9(3)12-14-5-6-20-12/h5-7,9H,1-4H3,(H2,15,16,18)/t7-,9-/m0/s1. The fourth-order valence-electron chi connectivity index (χ4n) is 2.13. The van der Waals surface area contributed by atoms with Crippen molar-refractivity contribution in [2.24, 2.45) is 0 Å². The molecule has 0 saturated carbocycles. The van der Waals surface area contributed by atoms with E-state index in [2.05, 4.69) is 20.8 Å². The number of carbonyl (C=O) groups is 1. The first-order chi connectivity index (χ1) is 9.49. The Labute approximate surface area is 121 Å². The van der Waals surface area contributed by atoms with E-state index >= 15 is 0 Å². The number of rotatable bonds is 4. The topological polar surface area (TPSA) is 80.0 Å². The summed E-state index contributed by atoms with van der Waals surface area (Å²) in [6.07, 6.45) is 1.72. The maximum atomic E-state index is 12.0. The van der Waals surface area contributed by atoms with Crippen LogP contribution < -0.4 is 10.6 Å². The number of carbonyl (C=O) groups excluding carboxylic acids is 1. The average Bonchev–Trinajstić information content (AvgIpc) is 2.99. The lowest BCUT2D eigenvalue weighted by atomic mass is 10.1. The molecule has 2 aromatic rings. The summed E-state index contributed by atoms with van der Waals surface area (Å²) in [4.78, 5) is 16.2. The second-order valence-electron chi connectivity index (χ2n) is 4.67. The van der Waals surface area contributed by atoms with Crippen LogP contribution in [0.2, 0.25) is 0 Å². The number of amides is 2. The van der Waals surface area contributed by atoms with Crippen LogP contribution in [0.25, 0.3) is 0 Å². The first-order valence-corrected chi connectivity index (χ1v) is 7.26. The van der Waals surface area contributed by atoms with Crippen molar-refractivity contribution in [1.82, 2.24) is 20.8 Å². The zero-order valence-electron chi connectivity index (χ0n) is 11.9. The fourth-order valence-corrected chi connectivity index (χ4v) is 2.77. The van der Waals surface area contributed by atoms with E-state index in [9.17, 15) is 4.79 Å². The van der Waals surface area contributed by atoms with E-state index in [0.29, 0.717) is 0 Å². The number of urea groups is 1. The predicted octanol–water partition coefficient (Wildman–Crippen LogP) is 2.87. The Balaban J connectivity index is 1.95. The van der Waals surface area contributed by atoms with Crippen molar-refractivity contribution in [1.29, 1.82) is 0 Å². The van der Waals surface area contributed by atoms with Gasteiger partial charge in [0.15, 0.2) is 0 Å². The largest absolute Gasteiger partial charge is 0.361 e. The third-order valence-corrected chi connectivity index (χ3v) is 4.00. The molecule has 0 fully saturated rings. The minimum Gasteiger partial charge on any atom is -0.361 e. The molecular weight excluding hydrogens is 276 g/mol. The molecule has 0 bridgehead atoms. The molecule has 20 heavy (non-hydrogen) atoms. The Hall–Kier alpha value is -1.89. The van der Waals surface area contributed by atoms with Crippen molar-refractivity contribution in [2.45, 2.75) is 39.8 Å². The van der Waals surface area contributed by atoms with E-state index in [4.69, 9.17) is 4.52 Å². The Morgan fingerprint density at radius 1 is 1.30 bits per heavy atom. The first kappa shape index (κ1) is 14.5. The molecule has 2 rings (SSSR count). The smallest absolute Gasteiger partial charge is 0.315 e. The van der Waals surface area contributed by atoms with Crippen LogP contribution >= 0.6 is 11.3 Å². The van der Waals surface area contributed by atoms with Crippen molar-refractivity contribution in [3.05, 3.63) is 33.6 Å². The molecule has 108 valence electrons. The molecule has 0 saturated heterocycles. The molecule has 2 N–H and O–H groups in total. The molecule has 2 aromatic heterocycles. The highest BCUT2D eigenvalue weighted by atomic mass is 32.1. The van der Waals surface area contributed by atoms with Crippen LogP contribution in [-0.4, -0.2) is 16.2 Å². The number of aryl methyl sites for hydroxylation is 2. The zero-order chi connectivity index (χ0) is 14.7. The van der Waals surface area contributed by atoms with E-state index in [1.54, 1.807) is 6.20 Å². The van der Waals surface area contributed by atoms with Gasteiger partial charge in [-0.2, -0.15) is 0 Å². The molecular formula is C13H18N4O2S. The zero-order valence-corrected chi connectivity index (χ0v) is 12.7. The summed E-state index contributed by atoms with van der Waals surface area (Å²) in [6.45, 7) is 7.50. The number of aromatic nitrogens is 2. The van der Waals surface area contributed by atoms with Crippen molar-refractivity contribution < 1.29 is 9.32 Å². The molecule has 0 unspecified atom stereocenters. The molecule has 7 heteroatoms. The van der Waals surface area contributed by atoms with Gasteiger partial charge in [-0.15, -0.1) is 11.3 Å². The molecule has 2 atom stereocenters. The van der Waals surface area contributed by atoms with Gasteiger partial charge in [-0.1, -0.05) is 5.16 Å². The number of hydrogen-bond acceptors (Lipinski definition) is 5. The predicted molar refractivity (Wildman–Crippen MR) is 76.6 cm³/mol. The van der Waals surface area contributed by atoms with Crippen molar-refractivity contribution >= 4 is 17.4 Å². The van der Waals surface area contributed by atoms with Gasteiger partial charge in [0.1, 0.15) is 10.8 Å². The summed E-state index contributed by atoms with van der Waals surface area (Å²) in [5.41, 5.74) is 1.71. The highest BCUT2D eigenvalue weighted by molar-refractivity contribution is 7.09. The van der Waals surface area contributed by atoms with Gasteiger partial charge in [0.2, 0.25) is 0 Å². The number of hydrogen-bond donors (Lipinski definition) is 2. The molecule has 0 aliphatic rings. The minimum atomic E-state index is -0.236. The van der Waals surface area contributed by atoms with Gasteiger partial charge in [0, 0.05) is 17.1 Å². The van der Waals surface area contributed by atoms with Crippen LogP contribution in [0, 0.1) is 13.8 Å². The molecule has 2 heterocycles. The highest BCUT2D eigenvalue weighted by Crippen LogP contribution is 2.21. The lowest BCUT2D eigenvalue weighted by Crippen LogP contribution is -2.38. The molecule has 0 radical (unpaired) electrons. The van der Waals surface area contributed by atoms with Crippen molar-refractivity contribution in [3.8, 4) is 0 Å². The molecule has 6 nitrogen and oxygen atoms in total. The molecule has 2 amide bonds. The van der Waals surface area contributed by atoms with Gasteiger partial charge < -0.3 is 15.2 Å². The Kier molecular flexibility index (Phi) is 4.39. The van der Waals surface area contributed by atoms with Gasteiger partial charge in [-0.3, -0.25) is 0 Å². The van der Waals surface area contributed by atoms with Crippen LogP contribution in [0.15, 0.2) is 16.1 Å². The minimum absolute atomic E-state index is 0.119. The third-order valence-electron chi connectivity index (χ3n) is 3.04. The van der Waals surface area contributed by atoms with E-state index < -0.39 is 0 Å². The summed E-state index contributed by atoms with van der Waals surface area (Å²) < 4.78 is 5.11. The monoisotopic (exact) mass is 294 g/mol. The van der Waals surface area contributed by atoms with Crippen LogP contribution in [0.1, 0.15) is 48.0 Å². The summed E-state index contributed by atoms with van der Waals surface area (Å²) >= 11 is 1.52. The summed E-state index contributed by atoms with van der Waals surface area (Å²) in [5, 5.41) is 12.4.